The minimum absolute atomic E-state index is 0.0259. The normalized spacial score (nSPS) is 16.8. The van der Waals surface area contributed by atoms with Crippen LogP contribution in [0.2, 0.25) is 0 Å². The highest BCUT2D eigenvalue weighted by molar-refractivity contribution is 7.94. The number of carbonyl (C=O) groups excluding carboxylic acids is 2. The van der Waals surface area contributed by atoms with Gasteiger partial charge in [0.15, 0.2) is 26.2 Å². The zero-order valence-corrected chi connectivity index (χ0v) is 12.1. The molecule has 0 fully saturated rings. The Hall–Kier alpha value is -2.27. The molecule has 0 amide bonds. The van der Waals surface area contributed by atoms with Crippen molar-refractivity contribution in [1.29, 1.82) is 0 Å². The third-order valence-corrected chi connectivity index (χ3v) is 6.21. The van der Waals surface area contributed by atoms with Crippen molar-refractivity contribution in [2.24, 2.45) is 0 Å². The van der Waals surface area contributed by atoms with Gasteiger partial charge in [0.25, 0.3) is 0 Å². The number of sulfone groups is 1. The van der Waals surface area contributed by atoms with E-state index in [4.69, 9.17) is 0 Å². The first-order valence-electron chi connectivity index (χ1n) is 6.39. The zero-order chi connectivity index (χ0) is 15.3. The molecule has 1 aliphatic rings. The second-order valence-electron chi connectivity index (χ2n) is 5.05. The van der Waals surface area contributed by atoms with Gasteiger partial charge in [0.2, 0.25) is 0 Å². The molecule has 21 heavy (non-hydrogen) atoms. The number of carbonyl (C=O) groups is 2. The average molecular weight is 300 g/mol. The Morgan fingerprint density at radius 3 is 1.67 bits per heavy atom. The van der Waals surface area contributed by atoms with Crippen molar-refractivity contribution in [3.05, 3.63) is 65.7 Å². The van der Waals surface area contributed by atoms with E-state index in [9.17, 15) is 18.0 Å². The molecule has 0 N–H and O–H groups in total. The SMILES string of the molecule is CC1(S(=O)(=O)c2ccccc2)C(=O)c2ccccc2C1=O. The van der Waals surface area contributed by atoms with Gasteiger partial charge in [0.05, 0.1) is 4.90 Å². The topological polar surface area (TPSA) is 68.3 Å². The van der Waals surface area contributed by atoms with Gasteiger partial charge in [-0.1, -0.05) is 42.5 Å². The van der Waals surface area contributed by atoms with E-state index < -0.39 is 26.2 Å². The third kappa shape index (κ3) is 1.64. The van der Waals surface area contributed by atoms with Gasteiger partial charge >= 0.3 is 0 Å². The second-order valence-corrected chi connectivity index (χ2v) is 7.35. The molecular formula is C16H12O4S. The Morgan fingerprint density at radius 2 is 1.19 bits per heavy atom. The maximum atomic E-state index is 12.8. The summed E-state index contributed by atoms with van der Waals surface area (Å²) < 4.78 is 23.5. The molecule has 0 radical (unpaired) electrons. The van der Waals surface area contributed by atoms with Crippen LogP contribution in [-0.4, -0.2) is 24.7 Å². The quantitative estimate of drug-likeness (QED) is 0.798. The van der Waals surface area contributed by atoms with Crippen LogP contribution in [0.3, 0.4) is 0 Å². The minimum atomic E-state index is -4.10. The van der Waals surface area contributed by atoms with Gasteiger partial charge in [-0.2, -0.15) is 0 Å². The van der Waals surface area contributed by atoms with Crippen molar-refractivity contribution in [1.82, 2.24) is 0 Å². The molecule has 106 valence electrons. The van der Waals surface area contributed by atoms with E-state index in [-0.39, 0.29) is 16.0 Å². The Morgan fingerprint density at radius 1 is 0.762 bits per heavy atom. The molecule has 0 saturated carbocycles. The van der Waals surface area contributed by atoms with E-state index in [1.807, 2.05) is 0 Å². The summed E-state index contributed by atoms with van der Waals surface area (Å²) in [6.45, 7) is 1.19. The highest BCUT2D eigenvalue weighted by atomic mass is 32.2. The van der Waals surface area contributed by atoms with Crippen molar-refractivity contribution < 1.29 is 18.0 Å². The number of hydrogen-bond acceptors (Lipinski definition) is 4. The van der Waals surface area contributed by atoms with Crippen LogP contribution in [0.5, 0.6) is 0 Å². The van der Waals surface area contributed by atoms with Crippen LogP contribution in [0.15, 0.2) is 59.5 Å². The van der Waals surface area contributed by atoms with Crippen molar-refractivity contribution >= 4 is 21.4 Å². The molecule has 0 aromatic heterocycles. The Labute approximate surface area is 122 Å². The molecule has 2 aromatic rings. The van der Waals surface area contributed by atoms with Crippen LogP contribution in [0, 0.1) is 0 Å². The van der Waals surface area contributed by atoms with Gasteiger partial charge in [-0.3, -0.25) is 9.59 Å². The molecule has 0 spiro atoms. The summed E-state index contributed by atoms with van der Waals surface area (Å²) in [5.74, 6) is -1.32. The lowest BCUT2D eigenvalue weighted by atomic mass is 10.1. The van der Waals surface area contributed by atoms with Crippen molar-refractivity contribution in [2.75, 3.05) is 0 Å². The summed E-state index contributed by atoms with van der Waals surface area (Å²) in [5, 5.41) is 0. The number of benzene rings is 2. The lowest BCUT2D eigenvalue weighted by Gasteiger charge is -2.20. The molecule has 0 saturated heterocycles. The first-order chi connectivity index (χ1) is 9.90. The molecule has 0 heterocycles. The first kappa shape index (κ1) is 13.7. The number of ketones is 2. The van der Waals surface area contributed by atoms with E-state index >= 15 is 0 Å². The van der Waals surface area contributed by atoms with Gasteiger partial charge in [0, 0.05) is 11.1 Å². The lowest BCUT2D eigenvalue weighted by Crippen LogP contribution is -2.46. The Kier molecular flexibility index (Phi) is 2.85. The van der Waals surface area contributed by atoms with Gasteiger partial charge in [-0.05, 0) is 19.1 Å². The summed E-state index contributed by atoms with van der Waals surface area (Å²) in [4.78, 5) is 25.1. The number of fused-ring (bicyclic) bond motifs is 1. The van der Waals surface area contributed by atoms with Gasteiger partial charge in [-0.15, -0.1) is 0 Å². The summed E-state index contributed by atoms with van der Waals surface area (Å²) in [5.41, 5.74) is 0.342. The van der Waals surface area contributed by atoms with Crippen molar-refractivity contribution in [3.8, 4) is 0 Å². The van der Waals surface area contributed by atoms with E-state index in [0.717, 1.165) is 0 Å². The number of hydrogen-bond donors (Lipinski definition) is 0. The summed E-state index contributed by atoms with van der Waals surface area (Å²) in [6, 6.07) is 13.8. The molecule has 1 aliphatic carbocycles. The average Bonchev–Trinajstić information content (AvgIpc) is 2.72. The number of rotatable bonds is 2. The molecule has 2 aromatic carbocycles. The van der Waals surface area contributed by atoms with Gasteiger partial charge in [0.1, 0.15) is 0 Å². The fourth-order valence-electron chi connectivity index (χ4n) is 2.58. The Bertz CT molecular complexity index is 816. The van der Waals surface area contributed by atoms with E-state index in [0.29, 0.717) is 0 Å². The summed E-state index contributed by atoms with van der Waals surface area (Å²) in [6.07, 6.45) is 0. The van der Waals surface area contributed by atoms with Crippen LogP contribution >= 0.6 is 0 Å². The van der Waals surface area contributed by atoms with E-state index in [2.05, 4.69) is 0 Å². The standard InChI is InChI=1S/C16H12O4S/c1-16(21(19,20)11-7-3-2-4-8-11)14(17)12-9-5-6-10-13(12)15(16)18/h2-10H,1H3. The van der Waals surface area contributed by atoms with Crippen LogP contribution < -0.4 is 0 Å². The van der Waals surface area contributed by atoms with Crippen molar-refractivity contribution in [3.63, 3.8) is 0 Å². The smallest absolute Gasteiger partial charge is 0.199 e. The fraction of sp³-hybridized carbons (Fsp3) is 0.125. The maximum Gasteiger partial charge on any atom is 0.199 e. The fourth-order valence-corrected chi connectivity index (χ4v) is 4.27. The molecule has 0 unspecified atom stereocenters. The highest BCUT2D eigenvalue weighted by Gasteiger charge is 2.58. The van der Waals surface area contributed by atoms with E-state index in [1.54, 1.807) is 30.3 Å². The second kappa shape index (κ2) is 4.36. The largest absolute Gasteiger partial charge is 0.292 e. The van der Waals surface area contributed by atoms with Gasteiger partial charge in [-0.25, -0.2) is 8.42 Å². The molecule has 0 bridgehead atoms. The maximum absolute atomic E-state index is 12.8. The summed E-state index contributed by atoms with van der Waals surface area (Å²) in [7, 11) is -4.10. The predicted molar refractivity (Wildman–Crippen MR) is 77.1 cm³/mol. The highest BCUT2D eigenvalue weighted by Crippen LogP contribution is 2.38. The first-order valence-corrected chi connectivity index (χ1v) is 7.87. The molecule has 3 rings (SSSR count). The van der Waals surface area contributed by atoms with Crippen LogP contribution in [0.1, 0.15) is 27.6 Å². The van der Waals surface area contributed by atoms with Crippen LogP contribution in [0.4, 0.5) is 0 Å². The zero-order valence-electron chi connectivity index (χ0n) is 11.2. The van der Waals surface area contributed by atoms with Crippen molar-refractivity contribution in [2.45, 2.75) is 16.6 Å². The number of Topliss-reactive ketones (excluding diaryl/α,β-unsaturated/α-hetero) is 2. The summed E-state index contributed by atoms with van der Waals surface area (Å²) >= 11 is 0. The van der Waals surface area contributed by atoms with Crippen LogP contribution in [-0.2, 0) is 9.84 Å². The minimum Gasteiger partial charge on any atom is -0.292 e. The molecule has 4 nitrogen and oxygen atoms in total. The molecular weight excluding hydrogens is 288 g/mol. The Balaban J connectivity index is 2.25. The molecule has 5 heteroatoms. The predicted octanol–water partition coefficient (Wildman–Crippen LogP) is 2.30. The monoisotopic (exact) mass is 300 g/mol. The lowest BCUT2D eigenvalue weighted by molar-refractivity contribution is 0.0872. The third-order valence-electron chi connectivity index (χ3n) is 3.87. The molecule has 0 aliphatic heterocycles. The van der Waals surface area contributed by atoms with Gasteiger partial charge < -0.3 is 0 Å². The molecule has 0 atom stereocenters. The van der Waals surface area contributed by atoms with Crippen LogP contribution in [0.25, 0.3) is 0 Å². The van der Waals surface area contributed by atoms with E-state index in [1.165, 1.54) is 31.2 Å².